The Hall–Kier alpha value is -1.85. The molecule has 2 aromatic heterocycles. The number of imidazole rings is 1. The van der Waals surface area contributed by atoms with Crippen LogP contribution in [0, 0.1) is 6.92 Å². The number of carbonyl (C=O) groups is 1. The van der Waals surface area contributed by atoms with Crippen molar-refractivity contribution in [2.75, 3.05) is 5.32 Å². The molecule has 6 heteroatoms. The lowest BCUT2D eigenvalue weighted by Gasteiger charge is -2.07. The molecular formula is C16H13BrClN3O. The fourth-order valence-corrected chi connectivity index (χ4v) is 2.94. The van der Waals surface area contributed by atoms with Crippen LogP contribution in [0.3, 0.4) is 0 Å². The number of benzene rings is 1. The molecule has 1 N–H and O–H groups in total. The van der Waals surface area contributed by atoms with Crippen LogP contribution in [0.4, 0.5) is 5.69 Å². The highest BCUT2D eigenvalue weighted by atomic mass is 79.9. The molecule has 3 aromatic rings. The molecule has 22 heavy (non-hydrogen) atoms. The Kier molecular flexibility index (Phi) is 4.18. The Morgan fingerprint density at radius 1 is 1.32 bits per heavy atom. The quantitative estimate of drug-likeness (QED) is 0.741. The van der Waals surface area contributed by atoms with E-state index in [9.17, 15) is 4.79 Å². The number of nitrogens with zero attached hydrogens (tertiary/aromatic N) is 2. The van der Waals surface area contributed by atoms with E-state index >= 15 is 0 Å². The molecule has 0 atom stereocenters. The van der Waals surface area contributed by atoms with Crippen molar-refractivity contribution in [1.82, 2.24) is 9.38 Å². The molecule has 0 aliphatic heterocycles. The smallest absolute Gasteiger partial charge is 0.230 e. The lowest BCUT2D eigenvalue weighted by Crippen LogP contribution is -2.15. The maximum absolute atomic E-state index is 12.2. The van der Waals surface area contributed by atoms with Crippen molar-refractivity contribution in [1.29, 1.82) is 0 Å². The molecule has 1 amide bonds. The van der Waals surface area contributed by atoms with E-state index in [0.717, 1.165) is 21.4 Å². The zero-order valence-corrected chi connectivity index (χ0v) is 14.1. The third kappa shape index (κ3) is 3.31. The minimum Gasteiger partial charge on any atom is -0.325 e. The number of hydrogen-bond acceptors (Lipinski definition) is 2. The molecule has 1 aromatic carbocycles. The zero-order chi connectivity index (χ0) is 15.7. The van der Waals surface area contributed by atoms with Gasteiger partial charge in [0, 0.05) is 16.9 Å². The lowest BCUT2D eigenvalue weighted by molar-refractivity contribution is -0.115. The van der Waals surface area contributed by atoms with Crippen molar-refractivity contribution in [3.63, 3.8) is 0 Å². The summed E-state index contributed by atoms with van der Waals surface area (Å²) in [7, 11) is 0. The highest BCUT2D eigenvalue weighted by Crippen LogP contribution is 2.23. The number of fused-ring (bicyclic) bond motifs is 1. The molecule has 0 bridgehead atoms. The zero-order valence-electron chi connectivity index (χ0n) is 11.8. The molecule has 0 saturated carbocycles. The number of carbonyl (C=O) groups excluding carboxylic acids is 1. The van der Waals surface area contributed by atoms with E-state index in [4.69, 9.17) is 11.6 Å². The fourth-order valence-electron chi connectivity index (χ4n) is 2.18. The van der Waals surface area contributed by atoms with Crippen molar-refractivity contribution in [2.24, 2.45) is 0 Å². The molecule has 3 rings (SSSR count). The summed E-state index contributed by atoms with van der Waals surface area (Å²) in [5, 5.41) is 3.51. The Morgan fingerprint density at radius 3 is 2.91 bits per heavy atom. The second-order valence-corrected chi connectivity index (χ2v) is 6.34. The first kappa shape index (κ1) is 15.1. The number of halogens is 2. The molecule has 2 heterocycles. The first-order valence-electron chi connectivity index (χ1n) is 6.70. The van der Waals surface area contributed by atoms with Gasteiger partial charge in [-0.2, -0.15) is 0 Å². The summed E-state index contributed by atoms with van der Waals surface area (Å²) in [6, 6.07) is 9.38. The highest BCUT2D eigenvalue weighted by molar-refractivity contribution is 9.10. The van der Waals surface area contributed by atoms with Crippen molar-refractivity contribution < 1.29 is 4.79 Å². The molecule has 112 valence electrons. The Morgan fingerprint density at radius 2 is 2.14 bits per heavy atom. The van der Waals surface area contributed by atoms with Gasteiger partial charge in [0.05, 0.1) is 22.8 Å². The molecule has 0 aliphatic carbocycles. The summed E-state index contributed by atoms with van der Waals surface area (Å²) in [6.45, 7) is 2.00. The monoisotopic (exact) mass is 377 g/mol. The van der Waals surface area contributed by atoms with Gasteiger partial charge in [0.2, 0.25) is 5.91 Å². The number of hydrogen-bond donors (Lipinski definition) is 1. The Bertz CT molecular complexity index is 860. The van der Waals surface area contributed by atoms with Gasteiger partial charge in [0.1, 0.15) is 5.65 Å². The Balaban J connectivity index is 1.75. The van der Waals surface area contributed by atoms with E-state index in [1.165, 1.54) is 0 Å². The predicted octanol–water partition coefficient (Wildman–Crippen LogP) is 4.24. The first-order valence-corrected chi connectivity index (χ1v) is 7.87. The molecule has 0 aliphatic rings. The normalized spacial score (nSPS) is 10.9. The topological polar surface area (TPSA) is 46.4 Å². The number of aromatic nitrogens is 2. The second kappa shape index (κ2) is 6.10. The number of pyridine rings is 1. The fraction of sp³-hybridized carbons (Fsp3) is 0.125. The summed E-state index contributed by atoms with van der Waals surface area (Å²) in [5.74, 6) is -0.112. The third-order valence-electron chi connectivity index (χ3n) is 3.21. The molecule has 0 unspecified atom stereocenters. The molecular weight excluding hydrogens is 366 g/mol. The maximum atomic E-state index is 12.2. The average molecular weight is 379 g/mol. The van der Waals surface area contributed by atoms with Crippen LogP contribution in [-0.4, -0.2) is 15.3 Å². The van der Waals surface area contributed by atoms with Gasteiger partial charge in [-0.1, -0.05) is 17.7 Å². The van der Waals surface area contributed by atoms with Crippen LogP contribution in [0.1, 0.15) is 11.3 Å². The van der Waals surface area contributed by atoms with Gasteiger partial charge in [-0.25, -0.2) is 4.98 Å². The van der Waals surface area contributed by atoms with Crippen LogP contribution in [0.2, 0.25) is 5.02 Å². The second-order valence-electron chi connectivity index (χ2n) is 5.05. The van der Waals surface area contributed by atoms with Crippen LogP contribution in [0.15, 0.2) is 47.2 Å². The van der Waals surface area contributed by atoms with Gasteiger partial charge in [-0.15, -0.1) is 0 Å². The molecule has 0 radical (unpaired) electrons. The van der Waals surface area contributed by atoms with Gasteiger partial charge in [0.15, 0.2) is 0 Å². The summed E-state index contributed by atoms with van der Waals surface area (Å²) in [5.41, 5.74) is 3.34. The van der Waals surface area contributed by atoms with E-state index in [2.05, 4.69) is 26.2 Å². The SMILES string of the molecule is Cc1ccc(NC(=O)Cc2cn3cc(Cl)ccc3n2)c(Br)c1. The largest absolute Gasteiger partial charge is 0.325 e. The standard InChI is InChI=1S/C16H13BrClN3O/c1-10-2-4-14(13(17)6-10)20-16(22)7-12-9-21-8-11(18)3-5-15(21)19-12/h2-6,8-9H,7H2,1H3,(H,20,22). The lowest BCUT2D eigenvalue weighted by atomic mass is 10.2. The van der Waals surface area contributed by atoms with E-state index in [-0.39, 0.29) is 12.3 Å². The van der Waals surface area contributed by atoms with E-state index in [0.29, 0.717) is 10.7 Å². The average Bonchev–Trinajstić information content (AvgIpc) is 2.83. The van der Waals surface area contributed by atoms with Crippen LogP contribution in [0.25, 0.3) is 5.65 Å². The molecule has 0 spiro atoms. The number of aryl methyl sites for hydroxylation is 1. The van der Waals surface area contributed by atoms with Gasteiger partial charge >= 0.3 is 0 Å². The summed E-state index contributed by atoms with van der Waals surface area (Å²) >= 11 is 9.39. The first-order chi connectivity index (χ1) is 10.5. The minimum absolute atomic E-state index is 0.112. The molecule has 0 saturated heterocycles. The van der Waals surface area contributed by atoms with Gasteiger partial charge < -0.3 is 9.72 Å². The van der Waals surface area contributed by atoms with Crippen LogP contribution < -0.4 is 5.32 Å². The summed E-state index contributed by atoms with van der Waals surface area (Å²) in [6.07, 6.45) is 3.78. The van der Waals surface area contributed by atoms with Crippen LogP contribution in [-0.2, 0) is 11.2 Å². The minimum atomic E-state index is -0.112. The van der Waals surface area contributed by atoms with Crippen LogP contribution in [0.5, 0.6) is 0 Å². The van der Waals surface area contributed by atoms with Gasteiger partial charge in [-0.05, 0) is 52.7 Å². The molecule has 0 fully saturated rings. The maximum Gasteiger partial charge on any atom is 0.230 e. The van der Waals surface area contributed by atoms with Gasteiger partial charge in [-0.3, -0.25) is 4.79 Å². The van der Waals surface area contributed by atoms with Crippen molar-refractivity contribution in [2.45, 2.75) is 13.3 Å². The van der Waals surface area contributed by atoms with Crippen molar-refractivity contribution in [3.8, 4) is 0 Å². The number of amides is 1. The summed E-state index contributed by atoms with van der Waals surface area (Å²) < 4.78 is 2.68. The number of nitrogens with one attached hydrogen (secondary N) is 1. The van der Waals surface area contributed by atoms with Crippen molar-refractivity contribution in [3.05, 3.63) is 63.5 Å². The van der Waals surface area contributed by atoms with E-state index in [1.807, 2.05) is 41.8 Å². The summed E-state index contributed by atoms with van der Waals surface area (Å²) in [4.78, 5) is 16.6. The van der Waals surface area contributed by atoms with Crippen LogP contribution >= 0.6 is 27.5 Å². The Labute approximate surface area is 141 Å². The molecule has 4 nitrogen and oxygen atoms in total. The predicted molar refractivity (Wildman–Crippen MR) is 91.4 cm³/mol. The van der Waals surface area contributed by atoms with Crippen molar-refractivity contribution >= 4 is 44.8 Å². The van der Waals surface area contributed by atoms with E-state index < -0.39 is 0 Å². The third-order valence-corrected chi connectivity index (χ3v) is 4.08. The number of rotatable bonds is 3. The van der Waals surface area contributed by atoms with E-state index in [1.54, 1.807) is 12.3 Å². The number of anilines is 1. The highest BCUT2D eigenvalue weighted by Gasteiger charge is 2.10. The van der Waals surface area contributed by atoms with Gasteiger partial charge in [0.25, 0.3) is 0 Å².